The molecule has 0 spiro atoms. The van der Waals surface area contributed by atoms with Gasteiger partial charge < -0.3 is 14.8 Å². The summed E-state index contributed by atoms with van der Waals surface area (Å²) in [6.07, 6.45) is 0.610. The Morgan fingerprint density at radius 3 is 2.92 bits per heavy atom. The number of hydrogen-bond donors (Lipinski definition) is 1. The molecule has 2 aliphatic heterocycles. The number of anilines is 1. The maximum atomic E-state index is 14.3. The molecule has 0 aliphatic carbocycles. The normalized spacial score (nSPS) is 20.8. The molecule has 5 rings (SSSR count). The van der Waals surface area contributed by atoms with E-state index < -0.39 is 0 Å². The Kier molecular flexibility index (Phi) is 3.09. The summed E-state index contributed by atoms with van der Waals surface area (Å²) in [4.78, 5) is 0. The van der Waals surface area contributed by atoms with Crippen LogP contribution >= 0.6 is 0 Å². The maximum absolute atomic E-state index is 14.3. The second-order valence-corrected chi connectivity index (χ2v) is 6.03. The van der Waals surface area contributed by atoms with Crippen molar-refractivity contribution in [2.45, 2.75) is 18.5 Å². The van der Waals surface area contributed by atoms with Crippen molar-refractivity contribution >= 4 is 5.95 Å². The van der Waals surface area contributed by atoms with Crippen LogP contribution in [0.15, 0.2) is 42.5 Å². The number of hydrogen-bond acceptors (Lipinski definition) is 6. The van der Waals surface area contributed by atoms with Gasteiger partial charge in [-0.1, -0.05) is 29.4 Å². The number of rotatable bonds is 2. The van der Waals surface area contributed by atoms with Crippen molar-refractivity contribution in [1.29, 1.82) is 0 Å². The zero-order valence-corrected chi connectivity index (χ0v) is 13.1. The summed E-state index contributed by atoms with van der Waals surface area (Å²) in [5.41, 5.74) is 1.59. The van der Waals surface area contributed by atoms with Gasteiger partial charge in [-0.05, 0) is 40.6 Å². The molecular weight excluding hydrogens is 325 g/mol. The van der Waals surface area contributed by atoms with E-state index in [2.05, 4.69) is 20.8 Å². The molecule has 1 N–H and O–H groups in total. The summed E-state index contributed by atoms with van der Waals surface area (Å²) in [5.74, 6) is 1.70. The molecule has 0 amide bonds. The first-order valence-corrected chi connectivity index (χ1v) is 7.98. The Bertz CT molecular complexity index is 944. The molecule has 0 radical (unpaired) electrons. The van der Waals surface area contributed by atoms with E-state index in [1.165, 1.54) is 6.07 Å². The van der Waals surface area contributed by atoms with E-state index >= 15 is 0 Å². The molecule has 1 aromatic heterocycles. The van der Waals surface area contributed by atoms with Gasteiger partial charge in [0, 0.05) is 5.56 Å². The highest BCUT2D eigenvalue weighted by Gasteiger charge is 2.32. The fourth-order valence-corrected chi connectivity index (χ4v) is 3.39. The van der Waals surface area contributed by atoms with Crippen molar-refractivity contribution in [2.75, 3.05) is 12.1 Å². The largest absolute Gasteiger partial charge is 0.454 e. The second-order valence-electron chi connectivity index (χ2n) is 6.03. The molecule has 0 saturated heterocycles. The molecule has 0 unspecified atom stereocenters. The van der Waals surface area contributed by atoms with Crippen molar-refractivity contribution in [3.63, 3.8) is 0 Å². The van der Waals surface area contributed by atoms with Crippen LogP contribution in [0.1, 0.15) is 29.6 Å². The van der Waals surface area contributed by atoms with Crippen LogP contribution in [0.4, 0.5) is 10.3 Å². The van der Waals surface area contributed by atoms with Gasteiger partial charge in [0.25, 0.3) is 0 Å². The molecular formula is C17H14FN5O2. The van der Waals surface area contributed by atoms with Gasteiger partial charge in [-0.2, -0.15) is 0 Å². The van der Waals surface area contributed by atoms with E-state index in [0.717, 1.165) is 11.3 Å². The minimum atomic E-state index is -0.289. The van der Waals surface area contributed by atoms with Crippen molar-refractivity contribution in [2.24, 2.45) is 0 Å². The van der Waals surface area contributed by atoms with Gasteiger partial charge in [-0.3, -0.25) is 0 Å². The summed E-state index contributed by atoms with van der Waals surface area (Å²) >= 11 is 0. The van der Waals surface area contributed by atoms with Gasteiger partial charge in [0.2, 0.25) is 12.7 Å². The van der Waals surface area contributed by atoms with Crippen LogP contribution in [0.5, 0.6) is 11.5 Å². The highest BCUT2D eigenvalue weighted by molar-refractivity contribution is 5.47. The second kappa shape index (κ2) is 5.44. The zero-order valence-electron chi connectivity index (χ0n) is 13.1. The van der Waals surface area contributed by atoms with Crippen molar-refractivity contribution < 1.29 is 13.9 Å². The molecule has 7 nitrogen and oxygen atoms in total. The Balaban J connectivity index is 1.55. The van der Waals surface area contributed by atoms with Crippen LogP contribution in [0.25, 0.3) is 0 Å². The molecule has 8 heteroatoms. The van der Waals surface area contributed by atoms with E-state index in [4.69, 9.17) is 9.47 Å². The Hall–Kier alpha value is -3.16. The topological polar surface area (TPSA) is 74.1 Å². The molecule has 126 valence electrons. The van der Waals surface area contributed by atoms with E-state index in [1.54, 1.807) is 16.8 Å². The number of tetrazole rings is 1. The monoisotopic (exact) mass is 339 g/mol. The number of aromatic nitrogens is 4. The average molecular weight is 339 g/mol. The molecule has 2 atom stereocenters. The van der Waals surface area contributed by atoms with Crippen LogP contribution in [-0.4, -0.2) is 27.0 Å². The van der Waals surface area contributed by atoms with E-state index in [9.17, 15) is 4.39 Å². The quantitative estimate of drug-likeness (QED) is 0.774. The van der Waals surface area contributed by atoms with Crippen LogP contribution in [0, 0.1) is 5.82 Å². The number of fused-ring (bicyclic) bond motifs is 2. The zero-order chi connectivity index (χ0) is 16.8. The SMILES string of the molecule is Fc1ccccc1[C@H]1C[C@@H](c2ccc3c(c2)OCO3)Nc2nnnn21. The van der Waals surface area contributed by atoms with Crippen molar-refractivity contribution in [3.05, 3.63) is 59.4 Å². The van der Waals surface area contributed by atoms with E-state index in [0.29, 0.717) is 23.7 Å². The van der Waals surface area contributed by atoms with Crippen molar-refractivity contribution in [1.82, 2.24) is 20.2 Å². The smallest absolute Gasteiger partial charge is 0.243 e. The van der Waals surface area contributed by atoms with Gasteiger partial charge in [0.1, 0.15) is 5.82 Å². The lowest BCUT2D eigenvalue weighted by atomic mass is 9.93. The minimum absolute atomic E-state index is 0.0717. The van der Waals surface area contributed by atoms with Gasteiger partial charge in [0.05, 0.1) is 12.1 Å². The number of nitrogens with zero attached hydrogens (tertiary/aromatic N) is 4. The predicted molar refractivity (Wildman–Crippen MR) is 85.9 cm³/mol. The predicted octanol–water partition coefficient (Wildman–Crippen LogP) is 2.69. The van der Waals surface area contributed by atoms with Gasteiger partial charge in [0.15, 0.2) is 11.5 Å². The first-order valence-electron chi connectivity index (χ1n) is 7.98. The minimum Gasteiger partial charge on any atom is -0.454 e. The fraction of sp³-hybridized carbons (Fsp3) is 0.235. The Labute approximate surface area is 142 Å². The average Bonchev–Trinajstić information content (AvgIpc) is 3.29. The van der Waals surface area contributed by atoms with Gasteiger partial charge in [-0.25, -0.2) is 9.07 Å². The van der Waals surface area contributed by atoms with Crippen LogP contribution in [0.3, 0.4) is 0 Å². The van der Waals surface area contributed by atoms with Crippen LogP contribution in [0.2, 0.25) is 0 Å². The number of nitrogens with one attached hydrogen (secondary N) is 1. The molecule has 0 fully saturated rings. The van der Waals surface area contributed by atoms with Crippen LogP contribution < -0.4 is 14.8 Å². The van der Waals surface area contributed by atoms with E-state index in [1.807, 2.05) is 24.3 Å². The summed E-state index contributed by atoms with van der Waals surface area (Å²) in [6.45, 7) is 0.229. The fourth-order valence-electron chi connectivity index (χ4n) is 3.39. The highest BCUT2D eigenvalue weighted by atomic mass is 19.1. The van der Waals surface area contributed by atoms with Gasteiger partial charge >= 0.3 is 0 Å². The standard InChI is InChI=1S/C17H14FN5O2/c18-12-4-2-1-3-11(12)14-8-13(19-17-20-21-22-23(14)17)10-5-6-15-16(7-10)25-9-24-15/h1-7,13-14H,8-9H2,(H,19,20,22)/t13-,14+/m0/s1. The highest BCUT2D eigenvalue weighted by Crippen LogP contribution is 2.41. The third kappa shape index (κ3) is 2.29. The molecule has 0 bridgehead atoms. The summed E-state index contributed by atoms with van der Waals surface area (Å²) < 4.78 is 26.8. The Morgan fingerprint density at radius 2 is 2.00 bits per heavy atom. The van der Waals surface area contributed by atoms with Crippen molar-refractivity contribution in [3.8, 4) is 11.5 Å². The summed E-state index contributed by atoms with van der Waals surface area (Å²) in [6, 6.07) is 12.2. The van der Waals surface area contributed by atoms with Crippen LogP contribution in [-0.2, 0) is 0 Å². The summed E-state index contributed by atoms with van der Waals surface area (Å²) in [7, 11) is 0. The number of benzene rings is 2. The number of ether oxygens (including phenoxy) is 2. The Morgan fingerprint density at radius 1 is 1.12 bits per heavy atom. The first kappa shape index (κ1) is 14.2. The lowest BCUT2D eigenvalue weighted by Crippen LogP contribution is -2.28. The lowest BCUT2D eigenvalue weighted by molar-refractivity contribution is 0.174. The molecule has 0 saturated carbocycles. The van der Waals surface area contributed by atoms with E-state index in [-0.39, 0.29) is 24.7 Å². The number of halogens is 1. The maximum Gasteiger partial charge on any atom is 0.243 e. The molecule has 25 heavy (non-hydrogen) atoms. The lowest BCUT2D eigenvalue weighted by Gasteiger charge is -2.31. The molecule has 3 aromatic rings. The third-order valence-corrected chi connectivity index (χ3v) is 4.61. The third-order valence-electron chi connectivity index (χ3n) is 4.61. The molecule has 2 aromatic carbocycles. The first-order chi connectivity index (χ1) is 12.3. The molecule has 2 aliphatic rings. The molecule has 3 heterocycles. The van der Waals surface area contributed by atoms with Gasteiger partial charge in [-0.15, -0.1) is 0 Å². The summed E-state index contributed by atoms with van der Waals surface area (Å²) in [5, 5.41) is 15.1.